The molecule has 2 rings (SSSR count). The van der Waals surface area contributed by atoms with Crippen molar-refractivity contribution in [1.29, 1.82) is 0 Å². The fraction of sp³-hybridized carbons (Fsp3) is 0.600. The van der Waals surface area contributed by atoms with Crippen LogP contribution in [0, 0.1) is 5.82 Å². The van der Waals surface area contributed by atoms with Crippen LogP contribution in [-0.2, 0) is 0 Å². The van der Waals surface area contributed by atoms with Crippen LogP contribution >= 0.6 is 0 Å². The minimum atomic E-state index is -0.441. The molecule has 0 spiro atoms. The molecule has 1 aromatic rings. The predicted molar refractivity (Wildman–Crippen MR) is 56.9 cm³/mol. The van der Waals surface area contributed by atoms with Crippen molar-refractivity contribution in [2.45, 2.75) is 38.1 Å². The monoisotopic (exact) mass is 210 g/mol. The molecule has 0 amide bonds. The summed E-state index contributed by atoms with van der Waals surface area (Å²) >= 11 is 0. The van der Waals surface area contributed by atoms with Gasteiger partial charge in [0.05, 0.1) is 6.20 Å². The van der Waals surface area contributed by atoms with E-state index in [2.05, 4.69) is 22.2 Å². The molecule has 15 heavy (non-hydrogen) atoms. The molecule has 1 aromatic heterocycles. The Hall–Kier alpha value is -1.39. The van der Waals surface area contributed by atoms with Crippen LogP contribution in [0.15, 0.2) is 6.20 Å². The maximum Gasteiger partial charge on any atom is 0.222 e. The number of rotatable bonds is 3. The Morgan fingerprint density at radius 1 is 1.60 bits per heavy atom. The number of hydrogen-bond donors (Lipinski definition) is 2. The number of nitrogen functional groups attached to an aromatic ring is 1. The highest BCUT2D eigenvalue weighted by atomic mass is 19.1. The molecule has 0 saturated heterocycles. The Bertz CT molecular complexity index is 357. The van der Waals surface area contributed by atoms with Gasteiger partial charge in [0.2, 0.25) is 5.95 Å². The van der Waals surface area contributed by atoms with Gasteiger partial charge in [0.1, 0.15) is 0 Å². The number of anilines is 2. The second-order valence-corrected chi connectivity index (χ2v) is 4.04. The smallest absolute Gasteiger partial charge is 0.222 e. The lowest BCUT2D eigenvalue weighted by molar-refractivity contribution is 0.267. The van der Waals surface area contributed by atoms with Crippen molar-refractivity contribution < 1.29 is 4.39 Å². The zero-order chi connectivity index (χ0) is 10.9. The molecule has 4 nitrogen and oxygen atoms in total. The molecule has 1 aliphatic carbocycles. The molecule has 1 heterocycles. The van der Waals surface area contributed by atoms with Crippen LogP contribution in [0.3, 0.4) is 0 Å². The number of hydrogen-bond acceptors (Lipinski definition) is 4. The molecular formula is C10H15FN4. The van der Waals surface area contributed by atoms with Gasteiger partial charge in [-0.3, -0.25) is 0 Å². The quantitative estimate of drug-likeness (QED) is 0.800. The van der Waals surface area contributed by atoms with Gasteiger partial charge in [0, 0.05) is 5.54 Å². The lowest BCUT2D eigenvalue weighted by Crippen LogP contribution is -2.44. The minimum absolute atomic E-state index is 0.0155. The van der Waals surface area contributed by atoms with Gasteiger partial charge in [-0.1, -0.05) is 6.92 Å². The van der Waals surface area contributed by atoms with Crippen LogP contribution in [0.2, 0.25) is 0 Å². The summed E-state index contributed by atoms with van der Waals surface area (Å²) in [5.41, 5.74) is 5.43. The molecule has 0 atom stereocenters. The molecule has 0 radical (unpaired) electrons. The summed E-state index contributed by atoms with van der Waals surface area (Å²) in [7, 11) is 0. The maximum atomic E-state index is 13.4. The van der Waals surface area contributed by atoms with Crippen molar-refractivity contribution in [2.24, 2.45) is 0 Å². The maximum absolute atomic E-state index is 13.4. The van der Waals surface area contributed by atoms with Gasteiger partial charge in [-0.15, -0.1) is 0 Å². The third-order valence-electron chi connectivity index (χ3n) is 3.13. The Balaban J connectivity index is 2.19. The molecule has 0 aliphatic heterocycles. The standard InChI is InChI=1S/C10H15FN4/c1-2-10(4-3-5-10)15-8-7(11)6-13-9(12)14-8/h6H,2-5H2,1H3,(H3,12,13,14,15). The van der Waals surface area contributed by atoms with E-state index in [0.717, 1.165) is 25.5 Å². The third kappa shape index (κ3) is 1.86. The molecule has 0 unspecified atom stereocenters. The van der Waals surface area contributed by atoms with Gasteiger partial charge in [-0.2, -0.15) is 4.98 Å². The summed E-state index contributed by atoms with van der Waals surface area (Å²) in [4.78, 5) is 7.46. The van der Waals surface area contributed by atoms with Crippen molar-refractivity contribution in [2.75, 3.05) is 11.1 Å². The summed E-state index contributed by atoms with van der Waals surface area (Å²) in [5.74, 6) is -0.113. The van der Waals surface area contributed by atoms with E-state index in [9.17, 15) is 4.39 Å². The van der Waals surface area contributed by atoms with Crippen LogP contribution in [0.1, 0.15) is 32.6 Å². The molecule has 0 bridgehead atoms. The number of nitrogens with two attached hydrogens (primary N) is 1. The Morgan fingerprint density at radius 2 is 2.33 bits per heavy atom. The Morgan fingerprint density at radius 3 is 2.87 bits per heavy atom. The number of halogens is 1. The summed E-state index contributed by atoms with van der Waals surface area (Å²) in [6, 6.07) is 0. The first-order valence-electron chi connectivity index (χ1n) is 5.21. The van der Waals surface area contributed by atoms with Gasteiger partial charge in [-0.25, -0.2) is 9.37 Å². The van der Waals surface area contributed by atoms with E-state index in [-0.39, 0.29) is 17.3 Å². The van der Waals surface area contributed by atoms with Crippen molar-refractivity contribution in [3.63, 3.8) is 0 Å². The number of aromatic nitrogens is 2. The first kappa shape index (κ1) is 10.1. The first-order chi connectivity index (χ1) is 7.15. The van der Waals surface area contributed by atoms with Crippen LogP contribution in [0.5, 0.6) is 0 Å². The molecule has 1 saturated carbocycles. The normalized spacial score (nSPS) is 18.3. The Labute approximate surface area is 88.1 Å². The summed E-state index contributed by atoms with van der Waals surface area (Å²) in [6.45, 7) is 2.09. The van der Waals surface area contributed by atoms with E-state index in [1.54, 1.807) is 0 Å². The largest absolute Gasteiger partial charge is 0.368 e. The second-order valence-electron chi connectivity index (χ2n) is 4.04. The van der Waals surface area contributed by atoms with Crippen LogP contribution in [-0.4, -0.2) is 15.5 Å². The third-order valence-corrected chi connectivity index (χ3v) is 3.13. The Kier molecular flexibility index (Phi) is 2.46. The van der Waals surface area contributed by atoms with E-state index in [1.165, 1.54) is 6.42 Å². The average molecular weight is 210 g/mol. The SMILES string of the molecule is CCC1(Nc2nc(N)ncc2F)CCC1. The van der Waals surface area contributed by atoms with Gasteiger partial charge in [0.15, 0.2) is 11.6 Å². The topological polar surface area (TPSA) is 63.8 Å². The van der Waals surface area contributed by atoms with Gasteiger partial charge < -0.3 is 11.1 Å². The van der Waals surface area contributed by atoms with E-state index in [4.69, 9.17) is 5.73 Å². The van der Waals surface area contributed by atoms with E-state index in [1.807, 2.05) is 0 Å². The predicted octanol–water partition coefficient (Wildman–Crippen LogP) is 1.94. The van der Waals surface area contributed by atoms with Gasteiger partial charge >= 0.3 is 0 Å². The summed E-state index contributed by atoms with van der Waals surface area (Å²) < 4.78 is 13.4. The van der Waals surface area contributed by atoms with Crippen LogP contribution < -0.4 is 11.1 Å². The highest BCUT2D eigenvalue weighted by Gasteiger charge is 2.35. The first-order valence-corrected chi connectivity index (χ1v) is 5.21. The lowest BCUT2D eigenvalue weighted by Gasteiger charge is -2.42. The highest BCUT2D eigenvalue weighted by Crippen LogP contribution is 2.37. The van der Waals surface area contributed by atoms with Crippen LogP contribution in [0.4, 0.5) is 16.2 Å². The number of nitrogens with zero attached hydrogens (tertiary/aromatic N) is 2. The molecule has 3 N–H and O–H groups in total. The second kappa shape index (κ2) is 3.64. The van der Waals surface area contributed by atoms with Crippen molar-refractivity contribution >= 4 is 11.8 Å². The molecule has 1 fully saturated rings. The fourth-order valence-corrected chi connectivity index (χ4v) is 1.89. The minimum Gasteiger partial charge on any atom is -0.368 e. The molecule has 0 aromatic carbocycles. The fourth-order valence-electron chi connectivity index (χ4n) is 1.89. The van der Waals surface area contributed by atoms with Gasteiger partial charge in [-0.05, 0) is 25.7 Å². The van der Waals surface area contributed by atoms with E-state index < -0.39 is 5.82 Å². The molecular weight excluding hydrogens is 195 g/mol. The van der Waals surface area contributed by atoms with Crippen molar-refractivity contribution in [3.05, 3.63) is 12.0 Å². The summed E-state index contributed by atoms with van der Waals surface area (Å²) in [5, 5.41) is 3.14. The van der Waals surface area contributed by atoms with Crippen LogP contribution in [0.25, 0.3) is 0 Å². The lowest BCUT2D eigenvalue weighted by atomic mass is 9.75. The van der Waals surface area contributed by atoms with E-state index in [0.29, 0.717) is 0 Å². The summed E-state index contributed by atoms with van der Waals surface area (Å²) in [6.07, 6.45) is 5.38. The van der Waals surface area contributed by atoms with E-state index >= 15 is 0 Å². The van der Waals surface area contributed by atoms with Crippen molar-refractivity contribution in [3.8, 4) is 0 Å². The van der Waals surface area contributed by atoms with Crippen molar-refractivity contribution in [1.82, 2.24) is 9.97 Å². The zero-order valence-electron chi connectivity index (χ0n) is 8.76. The number of nitrogens with one attached hydrogen (secondary N) is 1. The molecule has 82 valence electrons. The van der Waals surface area contributed by atoms with Gasteiger partial charge in [0.25, 0.3) is 0 Å². The molecule has 1 aliphatic rings. The molecule has 5 heteroatoms. The zero-order valence-corrected chi connectivity index (χ0v) is 8.76. The highest BCUT2D eigenvalue weighted by molar-refractivity contribution is 5.42. The average Bonchev–Trinajstić information content (AvgIpc) is 2.17.